The zero-order valence-electron chi connectivity index (χ0n) is 12.4. The van der Waals surface area contributed by atoms with Crippen molar-refractivity contribution in [3.05, 3.63) is 24.0 Å². The summed E-state index contributed by atoms with van der Waals surface area (Å²) in [5.74, 6) is -0.942. The first kappa shape index (κ1) is 16.9. The van der Waals surface area contributed by atoms with Crippen molar-refractivity contribution in [3.63, 3.8) is 0 Å². The Morgan fingerprint density at radius 3 is 2.48 bits per heavy atom. The molecule has 0 saturated carbocycles. The number of nitrogens with zero attached hydrogens (tertiary/aromatic N) is 1. The molecule has 2 amide bonds. The molecule has 6 nitrogen and oxygen atoms in total. The highest BCUT2D eigenvalue weighted by molar-refractivity contribution is 5.95. The average molecular weight is 296 g/mol. The third-order valence-corrected chi connectivity index (χ3v) is 2.56. The van der Waals surface area contributed by atoms with Crippen LogP contribution in [-0.2, 0) is 9.59 Å². The third kappa shape index (κ3) is 6.22. The number of likely N-dealkylation sites (N-methyl/N-ethyl adjacent to an activating group) is 1. The second-order valence-corrected chi connectivity index (χ2v) is 5.17. The molecule has 0 aliphatic rings. The fourth-order valence-electron chi connectivity index (χ4n) is 1.75. The molecule has 0 aliphatic heterocycles. The van der Waals surface area contributed by atoms with E-state index in [1.165, 1.54) is 12.1 Å². The van der Waals surface area contributed by atoms with Crippen LogP contribution >= 0.6 is 0 Å². The maximum absolute atomic E-state index is 12.9. The minimum absolute atomic E-state index is 0.0301. The molecule has 0 bridgehead atoms. The number of anilines is 2. The number of benzene rings is 1. The predicted octanol–water partition coefficient (Wildman–Crippen LogP) is 0.803. The van der Waals surface area contributed by atoms with Crippen LogP contribution in [-0.4, -0.2) is 42.9 Å². The van der Waals surface area contributed by atoms with E-state index in [0.717, 1.165) is 6.07 Å². The zero-order chi connectivity index (χ0) is 16.0. The molecule has 1 rings (SSSR count). The molecule has 0 spiro atoms. The van der Waals surface area contributed by atoms with Crippen LogP contribution in [0.15, 0.2) is 18.2 Å². The molecule has 0 atom stereocenters. The standard InChI is InChI=1S/C14H21FN4O2/c1-9(2)17-13(20)7-19(3)8-14(21)18-12-5-4-10(15)6-11(12)16/h4-6,9H,7-8,16H2,1-3H3,(H,17,20)(H,18,21). The van der Waals surface area contributed by atoms with Gasteiger partial charge in [0.1, 0.15) is 5.82 Å². The SMILES string of the molecule is CC(C)NC(=O)CN(C)CC(=O)Nc1ccc(F)cc1N. The minimum atomic E-state index is -0.465. The van der Waals surface area contributed by atoms with Gasteiger partial charge in [-0.25, -0.2) is 4.39 Å². The molecule has 21 heavy (non-hydrogen) atoms. The van der Waals surface area contributed by atoms with Crippen molar-refractivity contribution in [1.29, 1.82) is 0 Å². The molecule has 0 aromatic heterocycles. The van der Waals surface area contributed by atoms with Crippen LogP contribution in [0, 0.1) is 5.82 Å². The second-order valence-electron chi connectivity index (χ2n) is 5.17. The molecule has 0 aliphatic carbocycles. The summed E-state index contributed by atoms with van der Waals surface area (Å²) in [6, 6.07) is 3.80. The highest BCUT2D eigenvalue weighted by atomic mass is 19.1. The van der Waals surface area contributed by atoms with Crippen LogP contribution < -0.4 is 16.4 Å². The lowest BCUT2D eigenvalue weighted by Gasteiger charge is -2.17. The maximum Gasteiger partial charge on any atom is 0.238 e. The Morgan fingerprint density at radius 1 is 1.29 bits per heavy atom. The van der Waals surface area contributed by atoms with E-state index in [1.807, 2.05) is 13.8 Å². The van der Waals surface area contributed by atoms with Gasteiger partial charge in [-0.15, -0.1) is 0 Å². The lowest BCUT2D eigenvalue weighted by molar-refractivity contribution is -0.123. The number of hydrogen-bond donors (Lipinski definition) is 3. The number of carbonyl (C=O) groups is 2. The van der Waals surface area contributed by atoms with Gasteiger partial charge in [-0.3, -0.25) is 14.5 Å². The first-order valence-corrected chi connectivity index (χ1v) is 6.60. The Balaban J connectivity index is 2.47. The molecule has 4 N–H and O–H groups in total. The van der Waals surface area contributed by atoms with Gasteiger partial charge in [-0.05, 0) is 39.1 Å². The maximum atomic E-state index is 12.9. The van der Waals surface area contributed by atoms with E-state index >= 15 is 0 Å². The molecule has 1 aromatic rings. The summed E-state index contributed by atoms with van der Waals surface area (Å²) in [7, 11) is 1.66. The summed E-state index contributed by atoms with van der Waals surface area (Å²) < 4.78 is 12.9. The molecule has 0 radical (unpaired) electrons. The number of nitrogens with one attached hydrogen (secondary N) is 2. The topological polar surface area (TPSA) is 87.5 Å². The van der Waals surface area contributed by atoms with Gasteiger partial charge in [-0.2, -0.15) is 0 Å². The van der Waals surface area contributed by atoms with Gasteiger partial charge in [0.05, 0.1) is 24.5 Å². The van der Waals surface area contributed by atoms with Crippen LogP contribution in [0.4, 0.5) is 15.8 Å². The molecule has 0 fully saturated rings. The number of nitrogens with two attached hydrogens (primary N) is 1. The number of halogens is 1. The van der Waals surface area contributed by atoms with E-state index in [0.29, 0.717) is 5.69 Å². The highest BCUT2D eigenvalue weighted by Crippen LogP contribution is 2.18. The summed E-state index contributed by atoms with van der Waals surface area (Å²) in [5, 5.41) is 5.32. The number of rotatable bonds is 6. The van der Waals surface area contributed by atoms with Crippen molar-refractivity contribution in [1.82, 2.24) is 10.2 Å². The quantitative estimate of drug-likeness (QED) is 0.678. The van der Waals surface area contributed by atoms with E-state index in [4.69, 9.17) is 5.73 Å². The van der Waals surface area contributed by atoms with Crippen LogP contribution in [0.1, 0.15) is 13.8 Å². The van der Waals surface area contributed by atoms with Gasteiger partial charge in [0.2, 0.25) is 11.8 Å². The summed E-state index contributed by atoms with van der Waals surface area (Å²) in [5.41, 5.74) is 6.11. The summed E-state index contributed by atoms with van der Waals surface area (Å²) in [4.78, 5) is 25.0. The zero-order valence-corrected chi connectivity index (χ0v) is 12.4. The van der Waals surface area contributed by atoms with Crippen LogP contribution in [0.2, 0.25) is 0 Å². The first-order chi connectivity index (χ1) is 9.77. The Morgan fingerprint density at radius 2 is 1.90 bits per heavy atom. The number of nitrogen functional groups attached to an aromatic ring is 1. The summed E-state index contributed by atoms with van der Waals surface area (Å²) in [6.45, 7) is 3.87. The van der Waals surface area contributed by atoms with Gasteiger partial charge in [0.15, 0.2) is 0 Å². The van der Waals surface area contributed by atoms with Crippen molar-refractivity contribution >= 4 is 23.2 Å². The van der Waals surface area contributed by atoms with Crippen molar-refractivity contribution < 1.29 is 14.0 Å². The van der Waals surface area contributed by atoms with Crippen molar-refractivity contribution in [2.45, 2.75) is 19.9 Å². The predicted molar refractivity (Wildman–Crippen MR) is 80.2 cm³/mol. The molecule has 0 unspecified atom stereocenters. The lowest BCUT2D eigenvalue weighted by Crippen LogP contribution is -2.41. The summed E-state index contributed by atoms with van der Waals surface area (Å²) >= 11 is 0. The monoisotopic (exact) mass is 296 g/mol. The van der Waals surface area contributed by atoms with Crippen LogP contribution in [0.25, 0.3) is 0 Å². The van der Waals surface area contributed by atoms with E-state index in [1.54, 1.807) is 11.9 Å². The van der Waals surface area contributed by atoms with Gasteiger partial charge in [-0.1, -0.05) is 0 Å². The number of amides is 2. The largest absolute Gasteiger partial charge is 0.397 e. The second kappa shape index (κ2) is 7.58. The fraction of sp³-hybridized carbons (Fsp3) is 0.429. The van der Waals surface area contributed by atoms with Crippen molar-refractivity contribution in [2.75, 3.05) is 31.2 Å². The van der Waals surface area contributed by atoms with Gasteiger partial charge >= 0.3 is 0 Å². The van der Waals surface area contributed by atoms with E-state index in [2.05, 4.69) is 10.6 Å². The van der Waals surface area contributed by atoms with Crippen LogP contribution in [0.5, 0.6) is 0 Å². The molecular formula is C14H21FN4O2. The third-order valence-electron chi connectivity index (χ3n) is 2.56. The first-order valence-electron chi connectivity index (χ1n) is 6.60. The molecule has 0 saturated heterocycles. The summed E-state index contributed by atoms with van der Waals surface area (Å²) in [6.07, 6.45) is 0. The molecule has 116 valence electrons. The molecule has 7 heteroatoms. The Bertz CT molecular complexity index is 520. The van der Waals surface area contributed by atoms with Crippen molar-refractivity contribution in [3.8, 4) is 0 Å². The number of hydrogen-bond acceptors (Lipinski definition) is 4. The van der Waals surface area contributed by atoms with E-state index in [9.17, 15) is 14.0 Å². The van der Waals surface area contributed by atoms with Crippen LogP contribution in [0.3, 0.4) is 0 Å². The number of carbonyl (C=O) groups excluding carboxylic acids is 2. The average Bonchev–Trinajstić information content (AvgIpc) is 2.31. The Hall–Kier alpha value is -2.15. The van der Waals surface area contributed by atoms with Gasteiger partial charge in [0.25, 0.3) is 0 Å². The lowest BCUT2D eigenvalue weighted by atomic mass is 10.2. The van der Waals surface area contributed by atoms with E-state index < -0.39 is 5.82 Å². The normalized spacial score (nSPS) is 10.8. The smallest absolute Gasteiger partial charge is 0.238 e. The highest BCUT2D eigenvalue weighted by Gasteiger charge is 2.12. The molecular weight excluding hydrogens is 275 g/mol. The molecule has 0 heterocycles. The van der Waals surface area contributed by atoms with Gasteiger partial charge < -0.3 is 16.4 Å². The van der Waals surface area contributed by atoms with E-state index in [-0.39, 0.29) is 36.6 Å². The minimum Gasteiger partial charge on any atom is -0.397 e. The van der Waals surface area contributed by atoms with Gasteiger partial charge in [0, 0.05) is 6.04 Å². The fourth-order valence-corrected chi connectivity index (χ4v) is 1.75. The molecule has 1 aromatic carbocycles. The Labute approximate surface area is 123 Å². The Kier molecular flexibility index (Phi) is 6.10. The van der Waals surface area contributed by atoms with Crippen molar-refractivity contribution in [2.24, 2.45) is 0 Å².